The second-order valence-corrected chi connectivity index (χ2v) is 5.89. The predicted molar refractivity (Wildman–Crippen MR) is 72.7 cm³/mol. The van der Waals surface area contributed by atoms with E-state index < -0.39 is 23.1 Å². The Bertz CT molecular complexity index is 559. The molecular weight excluding hydrogens is 278 g/mol. The number of benzene rings is 1. The fourth-order valence-corrected chi connectivity index (χ4v) is 2.57. The summed E-state index contributed by atoms with van der Waals surface area (Å²) in [6.07, 6.45) is 3.77. The van der Waals surface area contributed by atoms with Crippen molar-refractivity contribution in [2.24, 2.45) is 11.7 Å². The van der Waals surface area contributed by atoms with Crippen LogP contribution in [0.25, 0.3) is 0 Å². The maximum Gasteiger partial charge on any atom is 0.241 e. The van der Waals surface area contributed by atoms with E-state index in [4.69, 9.17) is 10.5 Å². The molecule has 0 saturated heterocycles. The number of hydrogen-bond donors (Lipinski definition) is 2. The number of nitrogens with two attached hydrogens (primary N) is 1. The van der Waals surface area contributed by atoms with E-state index in [1.807, 2.05) is 0 Å². The lowest BCUT2D eigenvalue weighted by Gasteiger charge is -2.32. The van der Waals surface area contributed by atoms with Crippen molar-refractivity contribution >= 4 is 5.91 Å². The molecule has 2 aliphatic rings. The highest BCUT2D eigenvalue weighted by molar-refractivity contribution is 5.86. The zero-order chi connectivity index (χ0) is 15.0. The van der Waals surface area contributed by atoms with Gasteiger partial charge in [0.05, 0.1) is 0 Å². The summed E-state index contributed by atoms with van der Waals surface area (Å²) in [5, 5.41) is 3.25. The summed E-state index contributed by atoms with van der Waals surface area (Å²) < 4.78 is 32.2. The third kappa shape index (κ3) is 3.00. The van der Waals surface area contributed by atoms with E-state index in [-0.39, 0.29) is 24.3 Å². The highest BCUT2D eigenvalue weighted by Crippen LogP contribution is 2.42. The summed E-state index contributed by atoms with van der Waals surface area (Å²) in [6, 6.07) is 3.26. The Morgan fingerprint density at radius 3 is 2.62 bits per heavy atom. The molecule has 21 heavy (non-hydrogen) atoms. The van der Waals surface area contributed by atoms with Gasteiger partial charge in [0.2, 0.25) is 5.91 Å². The quantitative estimate of drug-likeness (QED) is 0.805. The van der Waals surface area contributed by atoms with Crippen LogP contribution in [-0.4, -0.2) is 24.1 Å². The lowest BCUT2D eigenvalue weighted by Crippen LogP contribution is -2.61. The van der Waals surface area contributed by atoms with E-state index in [0.29, 0.717) is 0 Å². The third-order valence-corrected chi connectivity index (χ3v) is 4.10. The van der Waals surface area contributed by atoms with Gasteiger partial charge in [-0.25, -0.2) is 8.78 Å². The van der Waals surface area contributed by atoms with Gasteiger partial charge in [0.15, 0.2) is 11.6 Å². The van der Waals surface area contributed by atoms with Crippen molar-refractivity contribution in [2.75, 3.05) is 6.61 Å². The van der Waals surface area contributed by atoms with Crippen molar-refractivity contribution < 1.29 is 18.3 Å². The molecule has 2 fully saturated rings. The standard InChI is InChI=1S/C15H18F2N2O2/c16-10-3-6-12(17)13(7-10)21-8-15(14(18)20,9-1-2-9)19-11-4-5-11/h3,6-7,9,11,19H,1-2,4-5,8H2,(H2,18,20). The van der Waals surface area contributed by atoms with Crippen molar-refractivity contribution in [2.45, 2.75) is 37.3 Å². The van der Waals surface area contributed by atoms with Gasteiger partial charge in [-0.15, -0.1) is 0 Å². The first-order chi connectivity index (χ1) is 10.0. The van der Waals surface area contributed by atoms with Gasteiger partial charge in [-0.1, -0.05) is 0 Å². The molecule has 3 rings (SSSR count). The van der Waals surface area contributed by atoms with Gasteiger partial charge in [0.25, 0.3) is 0 Å². The van der Waals surface area contributed by atoms with Gasteiger partial charge in [-0.2, -0.15) is 0 Å². The molecule has 0 aromatic heterocycles. The van der Waals surface area contributed by atoms with Crippen LogP contribution in [0, 0.1) is 17.6 Å². The maximum atomic E-state index is 13.6. The molecular formula is C15H18F2N2O2. The molecule has 1 atom stereocenters. The van der Waals surface area contributed by atoms with Crippen LogP contribution in [0.3, 0.4) is 0 Å². The predicted octanol–water partition coefficient (Wildman–Crippen LogP) is 1.73. The summed E-state index contributed by atoms with van der Waals surface area (Å²) in [7, 11) is 0. The minimum atomic E-state index is -0.986. The third-order valence-electron chi connectivity index (χ3n) is 4.10. The first-order valence-corrected chi connectivity index (χ1v) is 7.17. The van der Waals surface area contributed by atoms with Gasteiger partial charge in [0, 0.05) is 12.1 Å². The van der Waals surface area contributed by atoms with E-state index in [9.17, 15) is 13.6 Å². The number of carbonyl (C=O) groups is 1. The molecule has 0 radical (unpaired) electrons. The van der Waals surface area contributed by atoms with Crippen LogP contribution in [0.4, 0.5) is 8.78 Å². The summed E-state index contributed by atoms with van der Waals surface area (Å²) in [5.41, 5.74) is 4.59. The summed E-state index contributed by atoms with van der Waals surface area (Å²) in [6.45, 7) is -0.0795. The fraction of sp³-hybridized carbons (Fsp3) is 0.533. The molecule has 0 spiro atoms. The summed E-state index contributed by atoms with van der Waals surface area (Å²) in [5.74, 6) is -1.82. The molecule has 1 aromatic rings. The highest BCUT2D eigenvalue weighted by Gasteiger charge is 2.52. The van der Waals surface area contributed by atoms with E-state index in [1.54, 1.807) is 0 Å². The van der Waals surface area contributed by atoms with Gasteiger partial charge < -0.3 is 10.5 Å². The molecule has 3 N–H and O–H groups in total. The smallest absolute Gasteiger partial charge is 0.241 e. The second kappa shape index (κ2) is 5.26. The molecule has 6 heteroatoms. The van der Waals surface area contributed by atoms with Crippen molar-refractivity contribution in [1.29, 1.82) is 0 Å². The molecule has 4 nitrogen and oxygen atoms in total. The van der Waals surface area contributed by atoms with Crippen molar-refractivity contribution in [1.82, 2.24) is 5.32 Å². The van der Waals surface area contributed by atoms with Crippen molar-refractivity contribution in [3.63, 3.8) is 0 Å². The lowest BCUT2D eigenvalue weighted by molar-refractivity contribution is -0.126. The minimum Gasteiger partial charge on any atom is -0.488 e. The first kappa shape index (κ1) is 14.3. The lowest BCUT2D eigenvalue weighted by atomic mass is 9.93. The Labute approximate surface area is 121 Å². The van der Waals surface area contributed by atoms with Crippen LogP contribution in [0.1, 0.15) is 25.7 Å². The average Bonchev–Trinajstić information content (AvgIpc) is 3.30. The van der Waals surface area contributed by atoms with Gasteiger partial charge >= 0.3 is 0 Å². The molecule has 1 unspecified atom stereocenters. The van der Waals surface area contributed by atoms with E-state index in [1.165, 1.54) is 0 Å². The van der Waals surface area contributed by atoms with Crippen LogP contribution in [0.15, 0.2) is 18.2 Å². The summed E-state index contributed by atoms with van der Waals surface area (Å²) >= 11 is 0. The molecule has 2 saturated carbocycles. The topological polar surface area (TPSA) is 64.4 Å². The zero-order valence-electron chi connectivity index (χ0n) is 11.6. The second-order valence-electron chi connectivity index (χ2n) is 5.89. The van der Waals surface area contributed by atoms with Crippen LogP contribution < -0.4 is 15.8 Å². The molecule has 1 aromatic carbocycles. The van der Waals surface area contributed by atoms with Gasteiger partial charge in [0.1, 0.15) is 18.0 Å². The number of amides is 1. The first-order valence-electron chi connectivity index (χ1n) is 7.17. The van der Waals surface area contributed by atoms with Crippen LogP contribution in [0.2, 0.25) is 0 Å². The molecule has 0 aliphatic heterocycles. The number of nitrogens with one attached hydrogen (secondary N) is 1. The van der Waals surface area contributed by atoms with Crippen LogP contribution in [-0.2, 0) is 4.79 Å². The molecule has 0 bridgehead atoms. The number of ether oxygens (including phenoxy) is 1. The Morgan fingerprint density at radius 1 is 1.33 bits per heavy atom. The number of primary amides is 1. The van der Waals surface area contributed by atoms with E-state index in [0.717, 1.165) is 43.9 Å². The number of hydrogen-bond acceptors (Lipinski definition) is 3. The van der Waals surface area contributed by atoms with Gasteiger partial charge in [-0.05, 0) is 43.7 Å². The Kier molecular flexibility index (Phi) is 3.57. The van der Waals surface area contributed by atoms with E-state index >= 15 is 0 Å². The normalized spacial score (nSPS) is 20.9. The fourth-order valence-electron chi connectivity index (χ4n) is 2.57. The van der Waals surface area contributed by atoms with Crippen LogP contribution in [0.5, 0.6) is 5.75 Å². The Balaban J connectivity index is 1.77. The maximum absolute atomic E-state index is 13.6. The number of halogens is 2. The Morgan fingerprint density at radius 2 is 2.05 bits per heavy atom. The Hall–Kier alpha value is -1.69. The average molecular weight is 296 g/mol. The molecule has 1 amide bonds. The van der Waals surface area contributed by atoms with Crippen molar-refractivity contribution in [3.05, 3.63) is 29.8 Å². The molecule has 2 aliphatic carbocycles. The van der Waals surface area contributed by atoms with E-state index in [2.05, 4.69) is 5.32 Å². The SMILES string of the molecule is NC(=O)C(COc1cc(F)ccc1F)(NC1CC1)C1CC1. The summed E-state index contributed by atoms with van der Waals surface area (Å²) in [4.78, 5) is 12.0. The highest BCUT2D eigenvalue weighted by atomic mass is 19.1. The molecule has 0 heterocycles. The number of carbonyl (C=O) groups excluding carboxylic acids is 1. The number of rotatable bonds is 7. The largest absolute Gasteiger partial charge is 0.488 e. The monoisotopic (exact) mass is 296 g/mol. The zero-order valence-corrected chi connectivity index (χ0v) is 11.6. The minimum absolute atomic E-state index is 0.0795. The van der Waals surface area contributed by atoms with Crippen LogP contribution >= 0.6 is 0 Å². The molecule has 114 valence electrons. The van der Waals surface area contributed by atoms with Gasteiger partial charge in [-0.3, -0.25) is 10.1 Å². The van der Waals surface area contributed by atoms with Crippen molar-refractivity contribution in [3.8, 4) is 5.75 Å².